The summed E-state index contributed by atoms with van der Waals surface area (Å²) in [6.45, 7) is 4.28. The minimum Gasteiger partial charge on any atom is -0.496 e. The molecule has 2 rings (SSSR count). The number of methoxy groups -OCH3 is 1. The molecule has 0 radical (unpaired) electrons. The topological polar surface area (TPSA) is 9.23 Å². The van der Waals surface area contributed by atoms with E-state index in [0.717, 1.165) is 11.7 Å². The first-order valence-corrected chi connectivity index (χ1v) is 8.24. The zero-order valence-electron chi connectivity index (χ0n) is 11.2. The Bertz CT molecular complexity index is 437. The fourth-order valence-corrected chi connectivity index (χ4v) is 4.60. The third kappa shape index (κ3) is 2.62. The first kappa shape index (κ1) is 14.4. The molecule has 1 fully saturated rings. The van der Waals surface area contributed by atoms with Gasteiger partial charge in [0.1, 0.15) is 5.75 Å². The van der Waals surface area contributed by atoms with Gasteiger partial charge < -0.3 is 4.74 Å². The number of halogens is 2. The molecule has 1 atom stereocenters. The van der Waals surface area contributed by atoms with E-state index in [4.69, 9.17) is 4.74 Å². The number of aryl methyl sites for hydroxylation is 1. The van der Waals surface area contributed by atoms with Crippen LogP contribution in [0.25, 0.3) is 0 Å². The van der Waals surface area contributed by atoms with Crippen LogP contribution < -0.4 is 4.74 Å². The highest BCUT2D eigenvalue weighted by Crippen LogP contribution is 2.47. The predicted molar refractivity (Wildman–Crippen MR) is 83.8 cm³/mol. The number of alkyl halides is 1. The molecule has 1 saturated carbocycles. The first-order valence-electron chi connectivity index (χ1n) is 6.54. The molecule has 0 saturated heterocycles. The molecule has 0 heterocycles. The van der Waals surface area contributed by atoms with Crippen LogP contribution >= 0.6 is 31.9 Å². The van der Waals surface area contributed by atoms with Gasteiger partial charge in [-0.25, -0.2) is 0 Å². The summed E-state index contributed by atoms with van der Waals surface area (Å²) in [5.41, 5.74) is 3.83. The largest absolute Gasteiger partial charge is 0.496 e. The number of benzene rings is 1. The van der Waals surface area contributed by atoms with Gasteiger partial charge in [0, 0.05) is 14.9 Å². The smallest absolute Gasteiger partial charge is 0.126 e. The van der Waals surface area contributed by atoms with Gasteiger partial charge in [-0.3, -0.25) is 0 Å². The molecule has 1 aromatic rings. The lowest BCUT2D eigenvalue weighted by atomic mass is 9.92. The van der Waals surface area contributed by atoms with Crippen molar-refractivity contribution in [3.63, 3.8) is 0 Å². The van der Waals surface area contributed by atoms with Crippen LogP contribution in [0.3, 0.4) is 0 Å². The van der Waals surface area contributed by atoms with E-state index >= 15 is 0 Å². The van der Waals surface area contributed by atoms with E-state index in [9.17, 15) is 0 Å². The van der Waals surface area contributed by atoms with Crippen molar-refractivity contribution in [1.82, 2.24) is 0 Å². The summed E-state index contributed by atoms with van der Waals surface area (Å²) < 4.78 is 6.82. The molecule has 1 nitrogen and oxygen atoms in total. The minimum atomic E-state index is 0.408. The molecule has 1 unspecified atom stereocenters. The molecule has 18 heavy (non-hydrogen) atoms. The average molecular weight is 376 g/mol. The number of hydrogen-bond donors (Lipinski definition) is 0. The number of hydrogen-bond acceptors (Lipinski definition) is 1. The summed E-state index contributed by atoms with van der Waals surface area (Å²) in [7, 11) is 1.77. The van der Waals surface area contributed by atoms with Gasteiger partial charge in [0.15, 0.2) is 0 Å². The Kier molecular flexibility index (Phi) is 4.76. The Morgan fingerprint density at radius 1 is 1.28 bits per heavy atom. The van der Waals surface area contributed by atoms with Crippen molar-refractivity contribution in [1.29, 1.82) is 0 Å². The Labute approximate surface area is 127 Å². The van der Waals surface area contributed by atoms with Gasteiger partial charge >= 0.3 is 0 Å². The highest BCUT2D eigenvalue weighted by Gasteiger charge is 2.28. The lowest BCUT2D eigenvalue weighted by Gasteiger charge is -2.24. The molecular formula is C15H20Br2O. The van der Waals surface area contributed by atoms with Crippen LogP contribution in [0.15, 0.2) is 10.5 Å². The van der Waals surface area contributed by atoms with Crippen LogP contribution in [0.4, 0.5) is 0 Å². The predicted octanol–water partition coefficient (Wildman–Crippen LogP) is 5.70. The van der Waals surface area contributed by atoms with E-state index in [2.05, 4.69) is 51.8 Å². The first-order chi connectivity index (χ1) is 8.56. The maximum atomic E-state index is 5.64. The second-order valence-electron chi connectivity index (χ2n) is 5.19. The molecule has 0 bridgehead atoms. The fraction of sp³-hybridized carbons (Fsp3) is 0.600. The average Bonchev–Trinajstić information content (AvgIpc) is 2.86. The van der Waals surface area contributed by atoms with Crippen molar-refractivity contribution < 1.29 is 4.74 Å². The van der Waals surface area contributed by atoms with Gasteiger partial charge in [-0.05, 0) is 49.8 Å². The molecular weight excluding hydrogens is 356 g/mol. The normalized spacial score (nSPS) is 18.1. The molecule has 0 aliphatic heterocycles. The zero-order chi connectivity index (χ0) is 13.3. The van der Waals surface area contributed by atoms with E-state index in [1.165, 1.54) is 46.8 Å². The molecule has 1 aliphatic rings. The lowest BCUT2D eigenvalue weighted by molar-refractivity contribution is 0.400. The Morgan fingerprint density at radius 3 is 2.44 bits per heavy atom. The maximum absolute atomic E-state index is 5.64. The van der Waals surface area contributed by atoms with Gasteiger partial charge in [0.25, 0.3) is 0 Å². The lowest BCUT2D eigenvalue weighted by Crippen LogP contribution is -2.08. The van der Waals surface area contributed by atoms with Gasteiger partial charge in [0.2, 0.25) is 0 Å². The van der Waals surface area contributed by atoms with Gasteiger partial charge in [-0.2, -0.15) is 0 Å². The number of ether oxygens (including phenoxy) is 1. The van der Waals surface area contributed by atoms with Crippen molar-refractivity contribution in [3.8, 4) is 5.75 Å². The molecule has 0 N–H and O–H groups in total. The Morgan fingerprint density at radius 2 is 1.89 bits per heavy atom. The Hall–Kier alpha value is -0.0200. The van der Waals surface area contributed by atoms with Crippen LogP contribution in [0.2, 0.25) is 0 Å². The van der Waals surface area contributed by atoms with E-state index in [1.807, 2.05) is 0 Å². The van der Waals surface area contributed by atoms with Crippen LogP contribution in [-0.4, -0.2) is 7.11 Å². The van der Waals surface area contributed by atoms with Gasteiger partial charge in [0.05, 0.1) is 7.11 Å². The SMILES string of the molecule is COc1c(C)cc(Br)c(C)c1C(Br)C1CCCC1. The van der Waals surface area contributed by atoms with Crippen molar-refractivity contribution >= 4 is 31.9 Å². The quantitative estimate of drug-likeness (QED) is 0.615. The van der Waals surface area contributed by atoms with Crippen molar-refractivity contribution in [2.24, 2.45) is 5.92 Å². The molecule has 1 aliphatic carbocycles. The fourth-order valence-electron chi connectivity index (χ4n) is 2.96. The van der Waals surface area contributed by atoms with Crippen molar-refractivity contribution in [2.45, 2.75) is 44.4 Å². The summed E-state index contributed by atoms with van der Waals surface area (Å²) >= 11 is 7.58. The van der Waals surface area contributed by atoms with Crippen LogP contribution in [-0.2, 0) is 0 Å². The molecule has 0 amide bonds. The third-order valence-corrected chi connectivity index (χ3v) is 6.03. The van der Waals surface area contributed by atoms with E-state index in [1.54, 1.807) is 7.11 Å². The highest BCUT2D eigenvalue weighted by molar-refractivity contribution is 9.10. The van der Waals surface area contributed by atoms with E-state index < -0.39 is 0 Å². The van der Waals surface area contributed by atoms with Crippen LogP contribution in [0.1, 0.15) is 47.2 Å². The van der Waals surface area contributed by atoms with E-state index in [-0.39, 0.29) is 0 Å². The standard InChI is InChI=1S/C15H20Br2O/c1-9-8-12(16)10(2)13(15(9)18-3)14(17)11-6-4-5-7-11/h8,11,14H,4-7H2,1-3H3. The van der Waals surface area contributed by atoms with Crippen LogP contribution in [0, 0.1) is 19.8 Å². The maximum Gasteiger partial charge on any atom is 0.126 e. The monoisotopic (exact) mass is 374 g/mol. The van der Waals surface area contributed by atoms with Crippen LogP contribution in [0.5, 0.6) is 5.75 Å². The van der Waals surface area contributed by atoms with Gasteiger partial charge in [-0.15, -0.1) is 0 Å². The minimum absolute atomic E-state index is 0.408. The molecule has 0 spiro atoms. The highest BCUT2D eigenvalue weighted by atomic mass is 79.9. The van der Waals surface area contributed by atoms with Gasteiger partial charge in [-0.1, -0.05) is 44.7 Å². The molecule has 1 aromatic carbocycles. The zero-order valence-corrected chi connectivity index (χ0v) is 14.4. The summed E-state index contributed by atoms with van der Waals surface area (Å²) in [6, 6.07) is 2.14. The molecule has 3 heteroatoms. The van der Waals surface area contributed by atoms with Crippen molar-refractivity contribution in [3.05, 3.63) is 27.2 Å². The third-order valence-electron chi connectivity index (χ3n) is 4.00. The number of rotatable bonds is 3. The Balaban J connectivity index is 2.46. The molecule has 0 aromatic heterocycles. The summed E-state index contributed by atoms with van der Waals surface area (Å²) in [6.07, 6.45) is 5.37. The summed E-state index contributed by atoms with van der Waals surface area (Å²) in [5, 5.41) is 0. The van der Waals surface area contributed by atoms with Crippen molar-refractivity contribution in [2.75, 3.05) is 7.11 Å². The summed E-state index contributed by atoms with van der Waals surface area (Å²) in [5.74, 6) is 1.79. The second-order valence-corrected chi connectivity index (χ2v) is 7.03. The van der Waals surface area contributed by atoms with E-state index in [0.29, 0.717) is 4.83 Å². The summed E-state index contributed by atoms with van der Waals surface area (Å²) in [4.78, 5) is 0.408. The molecule has 100 valence electrons. The second kappa shape index (κ2) is 5.96.